The summed E-state index contributed by atoms with van der Waals surface area (Å²) in [6.07, 6.45) is 8.36. The zero-order valence-electron chi connectivity index (χ0n) is 29.1. The van der Waals surface area contributed by atoms with Crippen molar-refractivity contribution in [1.29, 1.82) is 0 Å². The Labute approximate surface area is 297 Å². The largest absolute Gasteiger partial charge is 0.475 e. The number of benzene rings is 5. The first kappa shape index (κ1) is 30.2. The van der Waals surface area contributed by atoms with Gasteiger partial charge >= 0.3 is 0 Å². The Morgan fingerprint density at radius 3 is 2.12 bits per heavy atom. The molecule has 1 aliphatic heterocycles. The molecule has 0 saturated heterocycles. The molecule has 1 saturated carbocycles. The molecule has 1 aliphatic carbocycles. The van der Waals surface area contributed by atoms with Crippen LogP contribution in [0, 0.1) is 19.8 Å². The van der Waals surface area contributed by atoms with E-state index >= 15 is 0 Å². The molecule has 5 aromatic carbocycles. The molecule has 5 nitrogen and oxygen atoms in total. The third-order valence-electron chi connectivity index (χ3n) is 11.2. The normalized spacial score (nSPS) is 16.7. The van der Waals surface area contributed by atoms with E-state index in [4.69, 9.17) is 14.7 Å². The minimum atomic E-state index is 0.242. The topological polar surface area (TPSA) is 44.3 Å². The second-order valence-corrected chi connectivity index (χ2v) is 14.6. The van der Waals surface area contributed by atoms with Crippen molar-refractivity contribution in [2.75, 3.05) is 6.61 Å². The van der Waals surface area contributed by atoms with Gasteiger partial charge in [0.05, 0.1) is 22.6 Å². The fraction of sp³-hybridized carbons (Fsp3) is 0.217. The van der Waals surface area contributed by atoms with Crippen molar-refractivity contribution in [3.63, 3.8) is 0 Å². The summed E-state index contributed by atoms with van der Waals surface area (Å²) in [7, 11) is 0. The molecular formula is C46H40N4O. The van der Waals surface area contributed by atoms with Crippen molar-refractivity contribution in [1.82, 2.24) is 14.1 Å². The van der Waals surface area contributed by atoms with Gasteiger partial charge < -0.3 is 9.30 Å². The summed E-state index contributed by atoms with van der Waals surface area (Å²) >= 11 is 0. The average Bonchev–Trinajstić information content (AvgIpc) is 3.88. The molecule has 0 N–H and O–H groups in total. The van der Waals surface area contributed by atoms with E-state index in [1.807, 2.05) is 12.3 Å². The van der Waals surface area contributed by atoms with Crippen LogP contribution in [0.2, 0.25) is 0 Å². The van der Waals surface area contributed by atoms with Crippen LogP contribution in [-0.2, 0) is 4.74 Å². The second kappa shape index (κ2) is 12.0. The van der Waals surface area contributed by atoms with Gasteiger partial charge in [-0.15, -0.1) is 0 Å². The zero-order chi connectivity index (χ0) is 34.1. The minimum absolute atomic E-state index is 0.242. The van der Waals surface area contributed by atoms with E-state index < -0.39 is 0 Å². The summed E-state index contributed by atoms with van der Waals surface area (Å²) in [6, 6.07) is 42.4. The first-order valence-electron chi connectivity index (χ1n) is 18.4. The van der Waals surface area contributed by atoms with Gasteiger partial charge in [0.2, 0.25) is 5.90 Å². The van der Waals surface area contributed by atoms with Crippen molar-refractivity contribution >= 4 is 49.6 Å². The lowest BCUT2D eigenvalue weighted by atomic mass is 9.84. The van der Waals surface area contributed by atoms with E-state index in [9.17, 15) is 0 Å². The lowest BCUT2D eigenvalue weighted by Gasteiger charge is -2.24. The second-order valence-electron chi connectivity index (χ2n) is 14.6. The smallest absolute Gasteiger partial charge is 0.216 e. The van der Waals surface area contributed by atoms with Gasteiger partial charge in [0.15, 0.2) is 0 Å². The maximum atomic E-state index is 6.45. The Balaban J connectivity index is 1.21. The number of aliphatic imine (C=N–C) groups is 1. The summed E-state index contributed by atoms with van der Waals surface area (Å²) in [5.74, 6) is 1.39. The van der Waals surface area contributed by atoms with E-state index in [0.717, 1.165) is 50.5 Å². The molecule has 0 radical (unpaired) electrons. The third-order valence-corrected chi connectivity index (χ3v) is 11.2. The van der Waals surface area contributed by atoms with Crippen molar-refractivity contribution in [2.45, 2.75) is 52.0 Å². The van der Waals surface area contributed by atoms with Gasteiger partial charge in [0.25, 0.3) is 0 Å². The van der Waals surface area contributed by atoms with Gasteiger partial charge in [-0.3, -0.25) is 4.57 Å². The quantitative estimate of drug-likeness (QED) is 0.184. The number of hydrogen-bond acceptors (Lipinski definition) is 3. The molecule has 0 amide bonds. The van der Waals surface area contributed by atoms with Gasteiger partial charge in [-0.2, -0.15) is 0 Å². The van der Waals surface area contributed by atoms with Crippen molar-refractivity contribution in [3.05, 3.63) is 138 Å². The molecular weight excluding hydrogens is 625 g/mol. The molecule has 2 aliphatic rings. The maximum absolute atomic E-state index is 6.45. The van der Waals surface area contributed by atoms with Crippen LogP contribution in [0.1, 0.15) is 48.8 Å². The Morgan fingerprint density at radius 2 is 1.31 bits per heavy atom. The molecule has 5 heteroatoms. The summed E-state index contributed by atoms with van der Waals surface area (Å²) in [4.78, 5) is 10.2. The van der Waals surface area contributed by atoms with Crippen LogP contribution in [0.4, 0.5) is 0 Å². The van der Waals surface area contributed by atoms with Crippen LogP contribution in [0.3, 0.4) is 0 Å². The first-order chi connectivity index (χ1) is 25.1. The Kier molecular flexibility index (Phi) is 7.09. The van der Waals surface area contributed by atoms with Crippen LogP contribution in [-0.4, -0.2) is 32.7 Å². The van der Waals surface area contributed by atoms with Gasteiger partial charge in [0.1, 0.15) is 12.3 Å². The fourth-order valence-corrected chi connectivity index (χ4v) is 8.73. The molecule has 1 atom stereocenters. The van der Waals surface area contributed by atoms with E-state index in [1.165, 1.54) is 70.5 Å². The summed E-state index contributed by atoms with van der Waals surface area (Å²) in [5.41, 5.74) is 12.5. The predicted molar refractivity (Wildman–Crippen MR) is 211 cm³/mol. The van der Waals surface area contributed by atoms with E-state index in [-0.39, 0.29) is 6.04 Å². The Bertz CT molecular complexity index is 2660. The molecule has 4 heterocycles. The lowest BCUT2D eigenvalue weighted by molar-refractivity contribution is 0.240. The maximum Gasteiger partial charge on any atom is 0.216 e. The molecule has 10 rings (SSSR count). The lowest BCUT2D eigenvalue weighted by Crippen LogP contribution is -2.22. The standard InChI is InChI=1S/C46H40N4O/c1-29-15-19-42-39(22-29)37-18-17-35(50-43-20-16-30(2)23-40(43)38-14-9-21-47-45(38)50)27-44(37)49(42)36-25-33(31-10-5-3-6-11-31)24-34(26-36)46-48-41(28-51-46)32-12-7-4-8-13-32/h3,5-6,9-11,14-27,32,41H,4,7-8,12-13,28H2,1-2H3/t41-/m0/s1. The highest BCUT2D eigenvalue weighted by Gasteiger charge is 2.30. The Morgan fingerprint density at radius 1 is 0.569 bits per heavy atom. The molecule has 3 aromatic heterocycles. The molecule has 1 fully saturated rings. The highest BCUT2D eigenvalue weighted by Crippen LogP contribution is 2.39. The molecule has 250 valence electrons. The van der Waals surface area contributed by atoms with E-state index in [2.05, 4.69) is 132 Å². The van der Waals surface area contributed by atoms with E-state index in [0.29, 0.717) is 12.5 Å². The van der Waals surface area contributed by atoms with Crippen molar-refractivity contribution in [2.24, 2.45) is 10.9 Å². The van der Waals surface area contributed by atoms with Gasteiger partial charge in [-0.05, 0) is 110 Å². The number of fused-ring (bicyclic) bond motifs is 6. The van der Waals surface area contributed by atoms with Crippen LogP contribution in [0.5, 0.6) is 0 Å². The molecule has 0 unspecified atom stereocenters. The summed E-state index contributed by atoms with van der Waals surface area (Å²) in [6.45, 7) is 5.01. The number of hydrogen-bond donors (Lipinski definition) is 0. The number of nitrogens with zero attached hydrogens (tertiary/aromatic N) is 4. The number of ether oxygens (including phenoxy) is 1. The third kappa shape index (κ3) is 5.05. The fourth-order valence-electron chi connectivity index (χ4n) is 8.73. The van der Waals surface area contributed by atoms with Crippen molar-refractivity contribution in [3.8, 4) is 22.5 Å². The van der Waals surface area contributed by atoms with Crippen LogP contribution in [0.15, 0.2) is 126 Å². The van der Waals surface area contributed by atoms with Gasteiger partial charge in [0, 0.05) is 44.7 Å². The summed E-state index contributed by atoms with van der Waals surface area (Å²) < 4.78 is 11.2. The highest BCUT2D eigenvalue weighted by atomic mass is 16.5. The van der Waals surface area contributed by atoms with Gasteiger partial charge in [-0.1, -0.05) is 78.9 Å². The SMILES string of the molecule is Cc1ccc2c(c1)c1ccc(-n3c4ccc(C)cc4c4cccnc43)cc1n2-c1cc(C2=N[C@H](C3CCCCC3)CO2)cc(-c2ccccc2)c1. The number of aromatic nitrogens is 3. The first-order valence-corrected chi connectivity index (χ1v) is 18.4. The molecule has 0 spiro atoms. The van der Waals surface area contributed by atoms with Crippen molar-refractivity contribution < 1.29 is 4.74 Å². The molecule has 51 heavy (non-hydrogen) atoms. The van der Waals surface area contributed by atoms with Gasteiger partial charge in [-0.25, -0.2) is 9.98 Å². The van der Waals surface area contributed by atoms with Crippen LogP contribution < -0.4 is 0 Å². The average molecular weight is 665 g/mol. The number of aryl methyl sites for hydroxylation is 2. The number of pyridine rings is 1. The molecule has 8 aromatic rings. The zero-order valence-corrected chi connectivity index (χ0v) is 29.1. The monoisotopic (exact) mass is 664 g/mol. The van der Waals surface area contributed by atoms with E-state index in [1.54, 1.807) is 0 Å². The minimum Gasteiger partial charge on any atom is -0.475 e. The number of rotatable bonds is 5. The van der Waals surface area contributed by atoms with Crippen LogP contribution in [0.25, 0.3) is 66.2 Å². The van der Waals surface area contributed by atoms with Crippen LogP contribution >= 0.6 is 0 Å². The molecule has 0 bridgehead atoms. The highest BCUT2D eigenvalue weighted by molar-refractivity contribution is 6.12. The predicted octanol–water partition coefficient (Wildman–Crippen LogP) is 11.3. The summed E-state index contributed by atoms with van der Waals surface area (Å²) in [5, 5.41) is 4.85. The Hall–Kier alpha value is -5.68.